The van der Waals surface area contributed by atoms with Gasteiger partial charge >= 0.3 is 11.9 Å². The van der Waals surface area contributed by atoms with E-state index < -0.39 is 17.5 Å². The molecule has 3 rings (SSSR count). The molecule has 2 heterocycles. The molecule has 0 bridgehead atoms. The minimum atomic E-state index is -1.26. The molecule has 1 fully saturated rings. The summed E-state index contributed by atoms with van der Waals surface area (Å²) in [7, 11) is 0. The number of aliphatic carboxylic acids is 2. The number of benzene rings is 1. The van der Waals surface area contributed by atoms with Gasteiger partial charge in [0.25, 0.3) is 0 Å². The number of aliphatic hydroxyl groups is 1. The van der Waals surface area contributed by atoms with Crippen LogP contribution in [0.1, 0.15) is 45.2 Å². The number of piperidine rings is 1. The fourth-order valence-electron chi connectivity index (χ4n) is 3.49. The molecule has 9 heteroatoms. The van der Waals surface area contributed by atoms with Crippen LogP contribution >= 0.6 is 0 Å². The quantitative estimate of drug-likeness (QED) is 0.522. The Kier molecular flexibility index (Phi) is 7.69. The summed E-state index contributed by atoms with van der Waals surface area (Å²) in [6.45, 7) is 5.50. The normalized spacial score (nSPS) is 16.3. The zero-order chi connectivity index (χ0) is 22.4. The first-order valence-corrected chi connectivity index (χ1v) is 9.65. The second-order valence-corrected chi connectivity index (χ2v) is 8.02. The van der Waals surface area contributed by atoms with Crippen LogP contribution < -0.4 is 5.32 Å². The number of carboxylic acid groups (broad SMARTS) is 2. The predicted octanol–water partition coefficient (Wildman–Crippen LogP) is 2.85. The van der Waals surface area contributed by atoms with E-state index in [1.54, 1.807) is 6.07 Å². The second-order valence-electron chi connectivity index (χ2n) is 8.02. The van der Waals surface area contributed by atoms with Gasteiger partial charge in [0.05, 0.1) is 11.3 Å². The average molecular weight is 422 g/mol. The molecule has 8 nitrogen and oxygen atoms in total. The molecule has 4 N–H and O–H groups in total. The van der Waals surface area contributed by atoms with Gasteiger partial charge in [-0.1, -0.05) is 5.16 Å². The van der Waals surface area contributed by atoms with Gasteiger partial charge in [0.2, 0.25) is 0 Å². The number of carbonyl (C=O) groups is 2. The number of hydrogen-bond acceptors (Lipinski definition) is 6. The highest BCUT2D eigenvalue weighted by molar-refractivity contribution is 5.89. The molecule has 0 amide bonds. The lowest BCUT2D eigenvalue weighted by Crippen LogP contribution is -2.41. The summed E-state index contributed by atoms with van der Waals surface area (Å²) in [6, 6.07) is 4.59. The SMILES string of the molecule is CC(C)(O)CCC1(c2noc3cc(F)ccc23)CCNCC1.O=C(O)/C=C/C(=O)O. The molecule has 0 atom stereocenters. The van der Waals surface area contributed by atoms with Crippen LogP contribution in [0.25, 0.3) is 11.0 Å². The van der Waals surface area contributed by atoms with E-state index in [4.69, 9.17) is 14.7 Å². The van der Waals surface area contributed by atoms with Gasteiger partial charge < -0.3 is 25.2 Å². The van der Waals surface area contributed by atoms with Crippen LogP contribution in [0.4, 0.5) is 4.39 Å². The van der Waals surface area contributed by atoms with Gasteiger partial charge in [-0.2, -0.15) is 0 Å². The highest BCUT2D eigenvalue weighted by atomic mass is 19.1. The molecular formula is C21H27FN2O6. The highest BCUT2D eigenvalue weighted by Crippen LogP contribution is 2.41. The number of hydrogen-bond donors (Lipinski definition) is 4. The van der Waals surface area contributed by atoms with Crippen molar-refractivity contribution in [1.82, 2.24) is 10.5 Å². The Morgan fingerprint density at radius 1 is 1.23 bits per heavy atom. The number of rotatable bonds is 6. The largest absolute Gasteiger partial charge is 0.478 e. The number of fused-ring (bicyclic) bond motifs is 1. The van der Waals surface area contributed by atoms with E-state index in [2.05, 4.69) is 10.5 Å². The van der Waals surface area contributed by atoms with Crippen molar-refractivity contribution in [2.45, 2.75) is 50.5 Å². The summed E-state index contributed by atoms with van der Waals surface area (Å²) in [4.78, 5) is 19.1. The molecule has 0 aliphatic carbocycles. The van der Waals surface area contributed by atoms with E-state index in [0.29, 0.717) is 24.2 Å². The first kappa shape index (κ1) is 23.5. The monoisotopic (exact) mass is 422 g/mol. The van der Waals surface area contributed by atoms with Crippen molar-refractivity contribution in [2.75, 3.05) is 13.1 Å². The number of aromatic nitrogens is 1. The van der Waals surface area contributed by atoms with Gasteiger partial charge in [0.1, 0.15) is 5.82 Å². The minimum absolute atomic E-state index is 0.117. The Labute approximate surface area is 173 Å². The first-order chi connectivity index (χ1) is 14.0. The maximum Gasteiger partial charge on any atom is 0.328 e. The molecular weight excluding hydrogens is 395 g/mol. The molecule has 1 aromatic heterocycles. The second kappa shape index (κ2) is 9.82. The molecule has 0 saturated carbocycles. The van der Waals surface area contributed by atoms with E-state index in [1.807, 2.05) is 13.8 Å². The zero-order valence-corrected chi connectivity index (χ0v) is 17.0. The Morgan fingerprint density at radius 3 is 2.37 bits per heavy atom. The Morgan fingerprint density at radius 2 is 1.83 bits per heavy atom. The topological polar surface area (TPSA) is 133 Å². The molecule has 0 unspecified atom stereocenters. The molecule has 0 radical (unpaired) electrons. The lowest BCUT2D eigenvalue weighted by molar-refractivity contribution is -0.134. The molecule has 30 heavy (non-hydrogen) atoms. The summed E-state index contributed by atoms with van der Waals surface area (Å²) < 4.78 is 18.7. The van der Waals surface area contributed by atoms with E-state index in [0.717, 1.165) is 43.4 Å². The third-order valence-electron chi connectivity index (χ3n) is 5.08. The van der Waals surface area contributed by atoms with E-state index in [-0.39, 0.29) is 11.2 Å². The van der Waals surface area contributed by atoms with Crippen LogP contribution in [0, 0.1) is 5.82 Å². The van der Waals surface area contributed by atoms with Crippen molar-refractivity contribution in [1.29, 1.82) is 0 Å². The van der Waals surface area contributed by atoms with Crippen molar-refractivity contribution >= 4 is 22.9 Å². The van der Waals surface area contributed by atoms with Crippen LogP contribution in [0.2, 0.25) is 0 Å². The smallest absolute Gasteiger partial charge is 0.328 e. The van der Waals surface area contributed by atoms with Crippen molar-refractivity contribution in [3.05, 3.63) is 41.9 Å². The first-order valence-electron chi connectivity index (χ1n) is 9.65. The summed E-state index contributed by atoms with van der Waals surface area (Å²) in [6.07, 6.45) is 4.55. The molecule has 164 valence electrons. The van der Waals surface area contributed by atoms with E-state index in [9.17, 15) is 19.1 Å². The maximum atomic E-state index is 13.4. The summed E-state index contributed by atoms with van der Waals surface area (Å²) >= 11 is 0. The van der Waals surface area contributed by atoms with Gasteiger partial charge in [-0.3, -0.25) is 0 Å². The van der Waals surface area contributed by atoms with Crippen molar-refractivity contribution in [3.8, 4) is 0 Å². The molecule has 1 aliphatic rings. The van der Waals surface area contributed by atoms with Crippen LogP contribution in [-0.4, -0.2) is 51.1 Å². The molecule has 1 aliphatic heterocycles. The maximum absolute atomic E-state index is 13.4. The summed E-state index contributed by atoms with van der Waals surface area (Å²) in [5.41, 5.74) is 0.585. The van der Waals surface area contributed by atoms with Crippen molar-refractivity contribution < 1.29 is 33.8 Å². The van der Waals surface area contributed by atoms with Gasteiger partial charge in [0.15, 0.2) is 5.58 Å². The molecule has 0 spiro atoms. The Hall–Kier alpha value is -2.78. The third kappa shape index (κ3) is 6.64. The van der Waals surface area contributed by atoms with Crippen LogP contribution in [-0.2, 0) is 15.0 Å². The minimum Gasteiger partial charge on any atom is -0.478 e. The summed E-state index contributed by atoms with van der Waals surface area (Å²) in [5, 5.41) is 34.3. The third-order valence-corrected chi connectivity index (χ3v) is 5.08. The lowest BCUT2D eigenvalue weighted by atomic mass is 9.70. The number of carboxylic acids is 2. The number of halogens is 1. The lowest BCUT2D eigenvalue weighted by Gasteiger charge is -2.37. The van der Waals surface area contributed by atoms with Crippen LogP contribution in [0.15, 0.2) is 34.9 Å². The van der Waals surface area contributed by atoms with Gasteiger partial charge in [0, 0.05) is 29.0 Å². The molecule has 1 saturated heterocycles. The van der Waals surface area contributed by atoms with Crippen molar-refractivity contribution in [2.24, 2.45) is 0 Å². The zero-order valence-electron chi connectivity index (χ0n) is 17.0. The number of nitrogens with one attached hydrogen (secondary N) is 1. The van der Waals surface area contributed by atoms with Gasteiger partial charge in [-0.15, -0.1) is 0 Å². The molecule has 1 aromatic carbocycles. The van der Waals surface area contributed by atoms with Crippen molar-refractivity contribution in [3.63, 3.8) is 0 Å². The fraction of sp³-hybridized carbons (Fsp3) is 0.476. The summed E-state index contributed by atoms with van der Waals surface area (Å²) in [5.74, 6) is -2.83. The predicted molar refractivity (Wildman–Crippen MR) is 108 cm³/mol. The van der Waals surface area contributed by atoms with Crippen LogP contribution in [0.5, 0.6) is 0 Å². The molecule has 2 aromatic rings. The average Bonchev–Trinajstić information content (AvgIpc) is 3.09. The Balaban J connectivity index is 0.000000343. The standard InChI is InChI=1S/C17H23FN2O2.C4H4O4/c1-16(2,21)5-6-17(7-9-19-10-8-17)15-13-4-3-12(18)11-14(13)22-20-15;5-3(6)1-2-4(7)8/h3-4,11,19,21H,5-10H2,1-2H3;1-2H,(H,5,6)(H,7,8)/b;2-1+. The highest BCUT2D eigenvalue weighted by Gasteiger charge is 2.39. The van der Waals surface area contributed by atoms with E-state index >= 15 is 0 Å². The van der Waals surface area contributed by atoms with Gasteiger partial charge in [-0.05, 0) is 64.8 Å². The fourth-order valence-corrected chi connectivity index (χ4v) is 3.49. The van der Waals surface area contributed by atoms with Crippen LogP contribution in [0.3, 0.4) is 0 Å². The Bertz CT molecular complexity index is 894. The van der Waals surface area contributed by atoms with E-state index in [1.165, 1.54) is 12.1 Å². The number of nitrogens with zero attached hydrogens (tertiary/aromatic N) is 1. The van der Waals surface area contributed by atoms with Gasteiger partial charge in [-0.25, -0.2) is 14.0 Å².